The maximum atomic E-state index is 12.0. The van der Waals surface area contributed by atoms with Crippen LogP contribution in [0.2, 0.25) is 0 Å². The number of amides is 2. The van der Waals surface area contributed by atoms with E-state index in [1.165, 1.54) is 4.90 Å². The Morgan fingerprint density at radius 2 is 1.72 bits per heavy atom. The van der Waals surface area contributed by atoms with Crippen LogP contribution in [0.15, 0.2) is 24.3 Å². The molecular formula is C13H16ClN2O2+. The van der Waals surface area contributed by atoms with Gasteiger partial charge in [0.1, 0.15) is 0 Å². The molecule has 0 saturated carbocycles. The van der Waals surface area contributed by atoms with Gasteiger partial charge in [0.15, 0.2) is 0 Å². The smallest absolute Gasteiger partial charge is 0.261 e. The molecule has 1 aromatic rings. The van der Waals surface area contributed by atoms with E-state index < -0.39 is 0 Å². The van der Waals surface area contributed by atoms with Gasteiger partial charge in [0.2, 0.25) is 0 Å². The lowest BCUT2D eigenvalue weighted by Gasteiger charge is -2.14. The Kier molecular flexibility index (Phi) is 3.99. The number of hydrogen-bond acceptors (Lipinski definition) is 2. The number of alkyl halides is 1. The van der Waals surface area contributed by atoms with E-state index in [2.05, 4.69) is 5.73 Å². The van der Waals surface area contributed by atoms with Gasteiger partial charge in [-0.1, -0.05) is 12.1 Å². The summed E-state index contributed by atoms with van der Waals surface area (Å²) in [6.45, 7) is 1.08. The number of imide groups is 1. The van der Waals surface area contributed by atoms with Crippen molar-refractivity contribution in [3.8, 4) is 0 Å². The molecule has 0 spiro atoms. The summed E-state index contributed by atoms with van der Waals surface area (Å²) in [7, 11) is 0. The van der Waals surface area contributed by atoms with Crippen molar-refractivity contribution in [3.05, 3.63) is 35.4 Å². The van der Waals surface area contributed by atoms with Crippen LogP contribution in [0.1, 0.15) is 33.6 Å². The summed E-state index contributed by atoms with van der Waals surface area (Å²) in [5, 5.41) is 0.0141. The number of benzene rings is 1. The van der Waals surface area contributed by atoms with Crippen LogP contribution < -0.4 is 5.73 Å². The lowest BCUT2D eigenvalue weighted by atomic mass is 10.1. The summed E-state index contributed by atoms with van der Waals surface area (Å²) in [5.41, 5.74) is 4.72. The number of carbonyl (C=O) groups excluding carboxylic acids is 2. The van der Waals surface area contributed by atoms with Gasteiger partial charge in [0.05, 0.1) is 23.0 Å². The number of rotatable bonds is 5. The van der Waals surface area contributed by atoms with E-state index >= 15 is 0 Å². The lowest BCUT2D eigenvalue weighted by molar-refractivity contribution is -0.367. The number of carbonyl (C=O) groups is 2. The quantitative estimate of drug-likeness (QED) is 0.637. The molecule has 2 rings (SSSR count). The van der Waals surface area contributed by atoms with Crippen LogP contribution >= 0.6 is 11.6 Å². The minimum atomic E-state index is -0.198. The molecule has 1 aliphatic heterocycles. The molecule has 5 heteroatoms. The van der Waals surface area contributed by atoms with Crippen LogP contribution in [0, 0.1) is 0 Å². The Bertz CT molecular complexity index is 441. The van der Waals surface area contributed by atoms with E-state index in [9.17, 15) is 9.59 Å². The number of hydrogen-bond donors (Lipinski definition) is 1. The first-order chi connectivity index (χ1) is 8.65. The first-order valence-electron chi connectivity index (χ1n) is 6.03. The van der Waals surface area contributed by atoms with Crippen molar-refractivity contribution in [1.82, 2.24) is 4.90 Å². The number of quaternary nitrogens is 1. The summed E-state index contributed by atoms with van der Waals surface area (Å²) in [4.78, 5) is 25.3. The predicted molar refractivity (Wildman–Crippen MR) is 68.4 cm³/mol. The van der Waals surface area contributed by atoms with E-state index in [-0.39, 0.29) is 17.2 Å². The third kappa shape index (κ3) is 2.40. The fourth-order valence-electron chi connectivity index (χ4n) is 2.06. The molecular weight excluding hydrogens is 252 g/mol. The molecule has 1 unspecified atom stereocenters. The van der Waals surface area contributed by atoms with Gasteiger partial charge in [-0.05, 0) is 25.0 Å². The molecule has 96 valence electrons. The molecule has 0 aliphatic carbocycles. The van der Waals surface area contributed by atoms with Gasteiger partial charge in [-0.25, -0.2) is 0 Å². The zero-order chi connectivity index (χ0) is 13.1. The highest BCUT2D eigenvalue weighted by Crippen LogP contribution is 2.22. The normalized spacial score (nSPS) is 16.0. The van der Waals surface area contributed by atoms with Gasteiger partial charge in [0, 0.05) is 6.54 Å². The van der Waals surface area contributed by atoms with Crippen molar-refractivity contribution in [3.63, 3.8) is 0 Å². The van der Waals surface area contributed by atoms with E-state index in [4.69, 9.17) is 11.6 Å². The summed E-state index contributed by atoms with van der Waals surface area (Å²) in [6.07, 6.45) is 1.48. The molecule has 1 heterocycles. The molecule has 0 aromatic heterocycles. The third-order valence-corrected chi connectivity index (χ3v) is 3.53. The summed E-state index contributed by atoms with van der Waals surface area (Å²) in [6, 6.07) is 6.92. The summed E-state index contributed by atoms with van der Waals surface area (Å²) >= 11 is 5.96. The Labute approximate surface area is 111 Å². The number of halogens is 1. The average molecular weight is 268 g/mol. The van der Waals surface area contributed by atoms with Gasteiger partial charge in [-0.3, -0.25) is 14.5 Å². The predicted octanol–water partition coefficient (Wildman–Crippen LogP) is 0.912. The molecule has 0 saturated heterocycles. The SMILES string of the molecule is [NH3+]CC(Cl)CCCN1C(=O)c2ccccc2C1=O. The van der Waals surface area contributed by atoms with E-state index in [0.717, 1.165) is 12.8 Å². The van der Waals surface area contributed by atoms with Gasteiger partial charge >= 0.3 is 0 Å². The lowest BCUT2D eigenvalue weighted by Crippen LogP contribution is -2.54. The van der Waals surface area contributed by atoms with Crippen LogP contribution in [0.25, 0.3) is 0 Å². The molecule has 4 nitrogen and oxygen atoms in total. The van der Waals surface area contributed by atoms with Gasteiger partial charge in [-0.15, -0.1) is 11.6 Å². The first kappa shape index (κ1) is 13.1. The second kappa shape index (κ2) is 5.50. The fourth-order valence-corrected chi connectivity index (χ4v) is 2.21. The molecule has 0 radical (unpaired) electrons. The highest BCUT2D eigenvalue weighted by Gasteiger charge is 2.34. The molecule has 2 amide bonds. The Morgan fingerprint density at radius 1 is 1.17 bits per heavy atom. The summed E-state index contributed by atoms with van der Waals surface area (Å²) < 4.78 is 0. The molecule has 1 atom stereocenters. The average Bonchev–Trinajstić information content (AvgIpc) is 2.64. The highest BCUT2D eigenvalue weighted by molar-refractivity contribution is 6.21. The highest BCUT2D eigenvalue weighted by atomic mass is 35.5. The van der Waals surface area contributed by atoms with Crippen LogP contribution in [0.5, 0.6) is 0 Å². The van der Waals surface area contributed by atoms with E-state index in [1.54, 1.807) is 24.3 Å². The zero-order valence-corrected chi connectivity index (χ0v) is 10.8. The van der Waals surface area contributed by atoms with Crippen LogP contribution in [-0.2, 0) is 0 Å². The van der Waals surface area contributed by atoms with Crippen molar-refractivity contribution in [1.29, 1.82) is 0 Å². The van der Waals surface area contributed by atoms with Crippen LogP contribution in [-0.4, -0.2) is 35.2 Å². The molecule has 0 fully saturated rings. The molecule has 0 bridgehead atoms. The molecule has 3 N–H and O–H groups in total. The minimum Gasteiger partial charge on any atom is -0.356 e. The van der Waals surface area contributed by atoms with Crippen LogP contribution in [0.4, 0.5) is 0 Å². The van der Waals surface area contributed by atoms with Crippen molar-refractivity contribution in [2.75, 3.05) is 13.1 Å². The maximum absolute atomic E-state index is 12.0. The van der Waals surface area contributed by atoms with Crippen molar-refractivity contribution in [2.24, 2.45) is 0 Å². The second-order valence-electron chi connectivity index (χ2n) is 4.34. The topological polar surface area (TPSA) is 65.0 Å². The van der Waals surface area contributed by atoms with Crippen molar-refractivity contribution < 1.29 is 15.3 Å². The minimum absolute atomic E-state index is 0.0141. The Hall–Kier alpha value is -1.39. The zero-order valence-electron chi connectivity index (χ0n) is 10.1. The standard InChI is InChI=1S/C13H15ClN2O2/c14-9(8-15)4-3-7-16-12(17)10-5-1-2-6-11(10)13(16)18/h1-2,5-6,9H,3-4,7-8,15H2/p+1. The Morgan fingerprint density at radius 3 is 2.22 bits per heavy atom. The Balaban J connectivity index is 2.01. The monoisotopic (exact) mass is 267 g/mol. The number of fused-ring (bicyclic) bond motifs is 1. The van der Waals surface area contributed by atoms with E-state index in [0.29, 0.717) is 24.2 Å². The summed E-state index contributed by atoms with van der Waals surface area (Å²) in [5.74, 6) is -0.396. The van der Waals surface area contributed by atoms with Gasteiger partial charge in [0.25, 0.3) is 11.8 Å². The maximum Gasteiger partial charge on any atom is 0.261 e. The molecule has 1 aliphatic rings. The second-order valence-corrected chi connectivity index (χ2v) is 4.95. The third-order valence-electron chi connectivity index (χ3n) is 3.09. The van der Waals surface area contributed by atoms with Crippen LogP contribution in [0.3, 0.4) is 0 Å². The van der Waals surface area contributed by atoms with E-state index in [1.807, 2.05) is 0 Å². The molecule has 18 heavy (non-hydrogen) atoms. The first-order valence-corrected chi connectivity index (χ1v) is 6.47. The van der Waals surface area contributed by atoms with Gasteiger partial charge in [-0.2, -0.15) is 0 Å². The van der Waals surface area contributed by atoms with Crippen molar-refractivity contribution >= 4 is 23.4 Å². The van der Waals surface area contributed by atoms with Gasteiger partial charge < -0.3 is 5.73 Å². The molecule has 1 aromatic carbocycles. The van der Waals surface area contributed by atoms with Crippen molar-refractivity contribution in [2.45, 2.75) is 18.2 Å². The fraction of sp³-hybridized carbons (Fsp3) is 0.385. The number of nitrogens with zero attached hydrogens (tertiary/aromatic N) is 1. The largest absolute Gasteiger partial charge is 0.356 e.